The third kappa shape index (κ3) is 2.32. The Bertz CT molecular complexity index is 613. The average molecular weight is 247 g/mol. The quantitative estimate of drug-likeness (QED) is 0.862. The number of nitrogens with one attached hydrogen (secondary N) is 1. The highest BCUT2D eigenvalue weighted by atomic mass is 16.5. The number of pyridine rings is 1. The zero-order chi connectivity index (χ0) is 13.1. The maximum Gasteiger partial charge on any atom is 0.370 e. The molecule has 2 heterocycles. The van der Waals surface area contributed by atoms with Gasteiger partial charge in [-0.3, -0.25) is 9.78 Å². The maximum absolute atomic E-state index is 11.9. The Balaban J connectivity index is 2.11. The third-order valence-electron chi connectivity index (χ3n) is 2.69. The standard InChI is InChI=1S/C12H13N3O3/c1-8-10(12(17)18-15(8)2)11(16)14-7-9-3-5-13-6-4-9/h3-6H,7H2,1-2H3,(H,14,16). The van der Waals surface area contributed by atoms with E-state index < -0.39 is 11.5 Å². The van der Waals surface area contributed by atoms with E-state index >= 15 is 0 Å². The van der Waals surface area contributed by atoms with Crippen molar-refractivity contribution in [2.24, 2.45) is 7.05 Å². The van der Waals surface area contributed by atoms with Gasteiger partial charge in [0.05, 0.1) is 5.69 Å². The van der Waals surface area contributed by atoms with Crippen molar-refractivity contribution in [2.75, 3.05) is 0 Å². The number of carbonyl (C=O) groups excluding carboxylic acids is 1. The molecule has 0 unspecified atom stereocenters. The van der Waals surface area contributed by atoms with Gasteiger partial charge in [0, 0.05) is 26.0 Å². The number of aryl methyl sites for hydroxylation is 1. The molecule has 6 heteroatoms. The fourth-order valence-electron chi connectivity index (χ4n) is 1.57. The van der Waals surface area contributed by atoms with Crippen molar-refractivity contribution in [3.8, 4) is 0 Å². The first kappa shape index (κ1) is 12.1. The second-order valence-electron chi connectivity index (χ2n) is 3.87. The van der Waals surface area contributed by atoms with Crippen LogP contribution in [0.25, 0.3) is 0 Å². The van der Waals surface area contributed by atoms with Crippen LogP contribution < -0.4 is 10.9 Å². The Hall–Kier alpha value is -2.37. The Kier molecular flexibility index (Phi) is 3.27. The van der Waals surface area contributed by atoms with Crippen molar-refractivity contribution in [3.63, 3.8) is 0 Å². The molecule has 6 nitrogen and oxygen atoms in total. The van der Waals surface area contributed by atoms with Crippen LogP contribution in [0.4, 0.5) is 0 Å². The van der Waals surface area contributed by atoms with E-state index in [4.69, 9.17) is 4.52 Å². The zero-order valence-corrected chi connectivity index (χ0v) is 10.1. The fraction of sp³-hybridized carbons (Fsp3) is 0.250. The summed E-state index contributed by atoms with van der Waals surface area (Å²) < 4.78 is 6.09. The molecule has 0 fully saturated rings. The number of hydrogen-bond donors (Lipinski definition) is 1. The molecular weight excluding hydrogens is 234 g/mol. The SMILES string of the molecule is Cc1c(C(=O)NCc2ccncc2)c(=O)on1C. The lowest BCUT2D eigenvalue weighted by atomic mass is 10.2. The smallest absolute Gasteiger partial charge is 0.348 e. The minimum Gasteiger partial charge on any atom is -0.348 e. The molecule has 0 saturated carbocycles. The molecule has 0 atom stereocenters. The Labute approximate surface area is 103 Å². The maximum atomic E-state index is 11.9. The van der Waals surface area contributed by atoms with Crippen LogP contribution in [0.5, 0.6) is 0 Å². The molecule has 2 aromatic heterocycles. The predicted octanol–water partition coefficient (Wildman–Crippen LogP) is 0.612. The molecule has 0 aliphatic heterocycles. The number of nitrogens with zero attached hydrogens (tertiary/aromatic N) is 2. The topological polar surface area (TPSA) is 77.1 Å². The van der Waals surface area contributed by atoms with E-state index in [1.54, 1.807) is 38.5 Å². The summed E-state index contributed by atoms with van der Waals surface area (Å²) in [7, 11) is 1.58. The molecule has 1 amide bonds. The molecule has 0 aromatic carbocycles. The minimum atomic E-state index is -0.623. The summed E-state index contributed by atoms with van der Waals surface area (Å²) in [6.45, 7) is 2.00. The predicted molar refractivity (Wildman–Crippen MR) is 64.1 cm³/mol. The summed E-state index contributed by atoms with van der Waals surface area (Å²) in [4.78, 5) is 27.2. The lowest BCUT2D eigenvalue weighted by Crippen LogP contribution is -2.27. The lowest BCUT2D eigenvalue weighted by Gasteiger charge is -2.03. The van der Waals surface area contributed by atoms with Crippen LogP contribution >= 0.6 is 0 Å². The van der Waals surface area contributed by atoms with Crippen molar-refractivity contribution in [2.45, 2.75) is 13.5 Å². The minimum absolute atomic E-state index is 0.0477. The second-order valence-corrected chi connectivity index (χ2v) is 3.87. The van der Waals surface area contributed by atoms with Crippen LogP contribution in [0.2, 0.25) is 0 Å². The molecule has 0 spiro atoms. The highest BCUT2D eigenvalue weighted by Crippen LogP contribution is 2.03. The van der Waals surface area contributed by atoms with Crippen LogP contribution in [0.1, 0.15) is 21.6 Å². The Morgan fingerprint density at radius 2 is 2.11 bits per heavy atom. The van der Waals surface area contributed by atoms with Crippen LogP contribution in [0.15, 0.2) is 33.8 Å². The van der Waals surface area contributed by atoms with E-state index in [0.29, 0.717) is 12.2 Å². The van der Waals surface area contributed by atoms with Gasteiger partial charge < -0.3 is 9.84 Å². The molecule has 0 aliphatic carbocycles. The van der Waals surface area contributed by atoms with Gasteiger partial charge in [-0.1, -0.05) is 0 Å². The largest absolute Gasteiger partial charge is 0.370 e. The van der Waals surface area contributed by atoms with Crippen LogP contribution in [0.3, 0.4) is 0 Å². The van der Waals surface area contributed by atoms with Crippen molar-refractivity contribution < 1.29 is 9.32 Å². The van der Waals surface area contributed by atoms with Gasteiger partial charge in [-0.05, 0) is 24.6 Å². The normalized spacial score (nSPS) is 10.3. The zero-order valence-electron chi connectivity index (χ0n) is 10.1. The van der Waals surface area contributed by atoms with Gasteiger partial charge in [-0.2, -0.15) is 0 Å². The van der Waals surface area contributed by atoms with Crippen molar-refractivity contribution in [3.05, 3.63) is 51.8 Å². The first-order chi connectivity index (χ1) is 8.59. The molecule has 18 heavy (non-hydrogen) atoms. The highest BCUT2D eigenvalue weighted by Gasteiger charge is 2.18. The van der Waals surface area contributed by atoms with Crippen molar-refractivity contribution in [1.29, 1.82) is 0 Å². The van der Waals surface area contributed by atoms with Gasteiger partial charge in [-0.25, -0.2) is 9.53 Å². The van der Waals surface area contributed by atoms with Gasteiger partial charge in [0.15, 0.2) is 0 Å². The molecular formula is C12H13N3O3. The molecule has 1 N–H and O–H groups in total. The van der Waals surface area contributed by atoms with E-state index in [9.17, 15) is 9.59 Å². The molecule has 0 saturated heterocycles. The van der Waals surface area contributed by atoms with Gasteiger partial charge in [0.25, 0.3) is 5.91 Å². The van der Waals surface area contributed by atoms with E-state index in [0.717, 1.165) is 5.56 Å². The van der Waals surface area contributed by atoms with Crippen LogP contribution in [-0.2, 0) is 13.6 Å². The van der Waals surface area contributed by atoms with E-state index in [1.165, 1.54) is 4.74 Å². The Morgan fingerprint density at radius 1 is 1.44 bits per heavy atom. The fourth-order valence-corrected chi connectivity index (χ4v) is 1.57. The number of hydrogen-bond acceptors (Lipinski definition) is 4. The summed E-state index contributed by atoms with van der Waals surface area (Å²) in [5, 5.41) is 2.67. The van der Waals surface area contributed by atoms with Gasteiger partial charge in [-0.15, -0.1) is 0 Å². The highest BCUT2D eigenvalue weighted by molar-refractivity contribution is 5.94. The first-order valence-corrected chi connectivity index (χ1v) is 5.43. The second kappa shape index (κ2) is 4.87. The molecule has 0 aliphatic rings. The van der Waals surface area contributed by atoms with E-state index in [-0.39, 0.29) is 5.56 Å². The summed E-state index contributed by atoms with van der Waals surface area (Å²) in [6.07, 6.45) is 3.28. The van der Waals surface area contributed by atoms with Gasteiger partial charge >= 0.3 is 5.63 Å². The monoisotopic (exact) mass is 247 g/mol. The number of aromatic nitrogens is 2. The lowest BCUT2D eigenvalue weighted by molar-refractivity contribution is 0.0948. The van der Waals surface area contributed by atoms with Crippen molar-refractivity contribution in [1.82, 2.24) is 15.0 Å². The number of amides is 1. The van der Waals surface area contributed by atoms with E-state index in [2.05, 4.69) is 10.3 Å². The van der Waals surface area contributed by atoms with Gasteiger partial charge in [0.2, 0.25) is 0 Å². The van der Waals surface area contributed by atoms with Crippen LogP contribution in [-0.4, -0.2) is 15.6 Å². The summed E-state index contributed by atoms with van der Waals surface area (Å²) >= 11 is 0. The summed E-state index contributed by atoms with van der Waals surface area (Å²) in [5.74, 6) is -0.432. The van der Waals surface area contributed by atoms with Crippen LogP contribution in [0, 0.1) is 6.92 Å². The van der Waals surface area contributed by atoms with Crippen molar-refractivity contribution >= 4 is 5.91 Å². The van der Waals surface area contributed by atoms with E-state index in [1.807, 2.05) is 0 Å². The summed E-state index contributed by atoms with van der Waals surface area (Å²) in [5.41, 5.74) is 0.845. The molecule has 2 rings (SSSR count). The number of rotatable bonds is 3. The Morgan fingerprint density at radius 3 is 2.67 bits per heavy atom. The first-order valence-electron chi connectivity index (χ1n) is 5.43. The molecule has 0 radical (unpaired) electrons. The third-order valence-corrected chi connectivity index (χ3v) is 2.69. The molecule has 94 valence electrons. The average Bonchev–Trinajstić information content (AvgIpc) is 2.62. The molecule has 0 bridgehead atoms. The molecule has 2 aromatic rings. The van der Waals surface area contributed by atoms with Gasteiger partial charge in [0.1, 0.15) is 5.56 Å². The number of carbonyl (C=O) groups is 1. The summed E-state index contributed by atoms with van der Waals surface area (Å²) in [6, 6.07) is 3.58.